The lowest BCUT2D eigenvalue weighted by molar-refractivity contribution is 0.927. The molecular formula is C10H15N3S. The van der Waals surface area contributed by atoms with Crippen LogP contribution in [0.3, 0.4) is 0 Å². The minimum absolute atomic E-state index is 0.607. The molecule has 0 atom stereocenters. The van der Waals surface area contributed by atoms with Gasteiger partial charge in [0.25, 0.3) is 0 Å². The van der Waals surface area contributed by atoms with Gasteiger partial charge in [0.15, 0.2) is 5.11 Å². The number of anilines is 1. The number of rotatable bonds is 3. The van der Waals surface area contributed by atoms with Crippen molar-refractivity contribution in [2.24, 2.45) is 0 Å². The summed E-state index contributed by atoms with van der Waals surface area (Å²) >= 11 is 5.01. The number of para-hydroxylation sites is 1. The summed E-state index contributed by atoms with van der Waals surface area (Å²) in [5, 5.41) is 3.60. The molecule has 0 fully saturated rings. The van der Waals surface area contributed by atoms with Crippen LogP contribution in [0, 0.1) is 6.92 Å². The topological polar surface area (TPSA) is 36.1 Å². The van der Waals surface area contributed by atoms with Crippen LogP contribution in [0.1, 0.15) is 12.5 Å². The maximum Gasteiger partial charge on any atom is 0.185 e. The predicted molar refractivity (Wildman–Crippen MR) is 64.2 cm³/mol. The highest BCUT2D eigenvalue weighted by molar-refractivity contribution is 7.80. The lowest BCUT2D eigenvalue weighted by Gasteiger charge is -2.12. The molecule has 0 amide bonds. The van der Waals surface area contributed by atoms with Gasteiger partial charge in [-0.1, -0.05) is 18.2 Å². The molecule has 0 bridgehead atoms. The molecule has 3 nitrogen and oxygen atoms in total. The van der Waals surface area contributed by atoms with Crippen LogP contribution >= 0.6 is 12.2 Å². The molecule has 0 heterocycles. The second kappa shape index (κ2) is 5.44. The number of thiocarbonyl (C=S) groups is 1. The first-order valence-corrected chi connectivity index (χ1v) is 5.00. The molecule has 0 saturated heterocycles. The fourth-order valence-corrected chi connectivity index (χ4v) is 1.24. The molecule has 76 valence electrons. The summed E-state index contributed by atoms with van der Waals surface area (Å²) < 4.78 is 0. The number of hydrogen-bond acceptors (Lipinski definition) is 2. The number of hydrazine groups is 1. The molecule has 3 N–H and O–H groups in total. The van der Waals surface area contributed by atoms with Crippen molar-refractivity contribution < 1.29 is 0 Å². The molecule has 1 aromatic rings. The Bertz CT molecular complexity index is 312. The fourth-order valence-electron chi connectivity index (χ4n) is 1.04. The molecule has 0 saturated carbocycles. The zero-order chi connectivity index (χ0) is 10.4. The van der Waals surface area contributed by atoms with Crippen molar-refractivity contribution in [3.63, 3.8) is 0 Å². The normalized spacial score (nSPS) is 9.29. The maximum absolute atomic E-state index is 5.01. The Labute approximate surface area is 89.9 Å². The smallest absolute Gasteiger partial charge is 0.185 e. The minimum Gasteiger partial charge on any atom is -0.362 e. The predicted octanol–water partition coefficient (Wildman–Crippen LogP) is 1.81. The van der Waals surface area contributed by atoms with Crippen molar-refractivity contribution in [2.45, 2.75) is 13.8 Å². The quantitative estimate of drug-likeness (QED) is 0.524. The summed E-state index contributed by atoms with van der Waals surface area (Å²) in [5.74, 6) is 0. The first kappa shape index (κ1) is 10.8. The first-order valence-electron chi connectivity index (χ1n) is 4.59. The second-order valence-corrected chi connectivity index (χ2v) is 3.33. The Kier molecular flexibility index (Phi) is 4.19. The van der Waals surface area contributed by atoms with Gasteiger partial charge in [-0.25, -0.2) is 0 Å². The SMILES string of the molecule is CCNC(=S)NNc1ccccc1C. The van der Waals surface area contributed by atoms with E-state index in [1.807, 2.05) is 38.1 Å². The number of benzene rings is 1. The lowest BCUT2D eigenvalue weighted by atomic mass is 10.2. The Balaban J connectivity index is 2.46. The standard InChI is InChI=1S/C10H15N3S/c1-3-11-10(14)13-12-9-7-5-4-6-8(9)2/h4-7,12H,3H2,1-2H3,(H2,11,13,14). The Hall–Kier alpha value is -1.29. The third kappa shape index (κ3) is 3.22. The van der Waals surface area contributed by atoms with Crippen LogP contribution < -0.4 is 16.2 Å². The zero-order valence-electron chi connectivity index (χ0n) is 8.42. The molecular weight excluding hydrogens is 194 g/mol. The molecule has 4 heteroatoms. The summed E-state index contributed by atoms with van der Waals surface area (Å²) in [4.78, 5) is 0. The van der Waals surface area contributed by atoms with Gasteiger partial charge < -0.3 is 5.32 Å². The fraction of sp³-hybridized carbons (Fsp3) is 0.300. The first-order chi connectivity index (χ1) is 6.74. The van der Waals surface area contributed by atoms with Gasteiger partial charge in [0.1, 0.15) is 0 Å². The van der Waals surface area contributed by atoms with Gasteiger partial charge >= 0.3 is 0 Å². The average Bonchev–Trinajstić information content (AvgIpc) is 2.17. The van der Waals surface area contributed by atoms with Gasteiger partial charge in [-0.3, -0.25) is 10.9 Å². The Morgan fingerprint density at radius 3 is 2.71 bits per heavy atom. The summed E-state index contributed by atoms with van der Waals surface area (Å²) in [6, 6.07) is 8.02. The second-order valence-electron chi connectivity index (χ2n) is 2.92. The van der Waals surface area contributed by atoms with Crippen molar-refractivity contribution in [3.8, 4) is 0 Å². The van der Waals surface area contributed by atoms with Crippen molar-refractivity contribution in [3.05, 3.63) is 29.8 Å². The summed E-state index contributed by atoms with van der Waals surface area (Å²) in [6.45, 7) is 4.86. The molecule has 1 rings (SSSR count). The van der Waals surface area contributed by atoms with E-state index in [1.165, 1.54) is 5.56 Å². The Morgan fingerprint density at radius 2 is 2.07 bits per heavy atom. The maximum atomic E-state index is 5.01. The van der Waals surface area contributed by atoms with Crippen molar-refractivity contribution in [2.75, 3.05) is 12.0 Å². The molecule has 0 radical (unpaired) electrons. The van der Waals surface area contributed by atoms with Crippen LogP contribution in [0.5, 0.6) is 0 Å². The van der Waals surface area contributed by atoms with Gasteiger partial charge in [-0.05, 0) is 37.7 Å². The monoisotopic (exact) mass is 209 g/mol. The van der Waals surface area contributed by atoms with Crippen LogP contribution in [0.25, 0.3) is 0 Å². The van der Waals surface area contributed by atoms with Gasteiger partial charge in [-0.2, -0.15) is 0 Å². The zero-order valence-corrected chi connectivity index (χ0v) is 9.24. The summed E-state index contributed by atoms with van der Waals surface area (Å²) in [5.41, 5.74) is 8.17. The molecule has 1 aromatic carbocycles. The van der Waals surface area contributed by atoms with Crippen LogP contribution in [0.15, 0.2) is 24.3 Å². The summed E-state index contributed by atoms with van der Waals surface area (Å²) in [7, 11) is 0. The van der Waals surface area contributed by atoms with Gasteiger partial charge in [-0.15, -0.1) is 0 Å². The third-order valence-electron chi connectivity index (χ3n) is 1.79. The van der Waals surface area contributed by atoms with Gasteiger partial charge in [0.2, 0.25) is 0 Å². The number of nitrogens with one attached hydrogen (secondary N) is 3. The molecule has 0 aliphatic rings. The van der Waals surface area contributed by atoms with E-state index in [0.29, 0.717) is 5.11 Å². The largest absolute Gasteiger partial charge is 0.362 e. The van der Waals surface area contributed by atoms with Crippen molar-refractivity contribution in [1.82, 2.24) is 10.7 Å². The summed E-state index contributed by atoms with van der Waals surface area (Å²) in [6.07, 6.45) is 0. The van der Waals surface area contributed by atoms with Crippen LogP contribution in [-0.2, 0) is 0 Å². The van der Waals surface area contributed by atoms with Crippen LogP contribution in [-0.4, -0.2) is 11.7 Å². The lowest BCUT2D eigenvalue weighted by Crippen LogP contribution is -2.38. The molecule has 0 aliphatic heterocycles. The highest BCUT2D eigenvalue weighted by atomic mass is 32.1. The molecule has 0 aromatic heterocycles. The Morgan fingerprint density at radius 1 is 1.36 bits per heavy atom. The average molecular weight is 209 g/mol. The number of hydrogen-bond donors (Lipinski definition) is 3. The highest BCUT2D eigenvalue weighted by Gasteiger charge is 1.95. The molecule has 14 heavy (non-hydrogen) atoms. The van der Waals surface area contributed by atoms with E-state index in [0.717, 1.165) is 12.2 Å². The van der Waals surface area contributed by atoms with E-state index in [2.05, 4.69) is 16.2 Å². The van der Waals surface area contributed by atoms with E-state index in [-0.39, 0.29) is 0 Å². The third-order valence-corrected chi connectivity index (χ3v) is 2.04. The molecule has 0 aliphatic carbocycles. The van der Waals surface area contributed by atoms with E-state index >= 15 is 0 Å². The van der Waals surface area contributed by atoms with E-state index in [4.69, 9.17) is 12.2 Å². The van der Waals surface area contributed by atoms with Gasteiger partial charge in [0, 0.05) is 6.54 Å². The van der Waals surface area contributed by atoms with E-state index in [1.54, 1.807) is 0 Å². The van der Waals surface area contributed by atoms with E-state index in [9.17, 15) is 0 Å². The van der Waals surface area contributed by atoms with Crippen LogP contribution in [0.4, 0.5) is 5.69 Å². The van der Waals surface area contributed by atoms with Crippen LogP contribution in [0.2, 0.25) is 0 Å². The molecule has 0 spiro atoms. The molecule has 0 unspecified atom stereocenters. The number of aryl methyl sites for hydroxylation is 1. The van der Waals surface area contributed by atoms with E-state index < -0.39 is 0 Å². The highest BCUT2D eigenvalue weighted by Crippen LogP contribution is 2.11. The minimum atomic E-state index is 0.607. The van der Waals surface area contributed by atoms with Crippen molar-refractivity contribution >= 4 is 23.0 Å². The van der Waals surface area contributed by atoms with Crippen molar-refractivity contribution in [1.29, 1.82) is 0 Å². The van der Waals surface area contributed by atoms with Gasteiger partial charge in [0.05, 0.1) is 5.69 Å².